The first-order valence-electron chi connectivity index (χ1n) is 11.1. The molecule has 1 saturated carbocycles. The van der Waals surface area contributed by atoms with Gasteiger partial charge in [0.25, 0.3) is 0 Å². The first-order chi connectivity index (χ1) is 15.5. The number of carboxylic acids is 1. The van der Waals surface area contributed by atoms with Gasteiger partial charge in [-0.2, -0.15) is 0 Å². The Labute approximate surface area is 186 Å². The molecule has 32 heavy (non-hydrogen) atoms. The van der Waals surface area contributed by atoms with Crippen molar-refractivity contribution < 1.29 is 24.2 Å². The SMILES string of the molecule is O=C(NC1CC(CC(=O)N2CC(C(=O)O)C2)C1)OCC1c2ccccc2-c2ccccc21. The molecule has 0 unspecified atom stereocenters. The maximum absolute atomic E-state index is 12.4. The molecule has 0 spiro atoms. The summed E-state index contributed by atoms with van der Waals surface area (Å²) in [7, 11) is 0. The van der Waals surface area contributed by atoms with Crippen molar-refractivity contribution in [2.45, 2.75) is 31.2 Å². The second-order valence-corrected chi connectivity index (χ2v) is 9.04. The molecular formula is C25H26N2O5. The zero-order valence-electron chi connectivity index (χ0n) is 17.7. The van der Waals surface area contributed by atoms with Gasteiger partial charge < -0.3 is 20.1 Å². The van der Waals surface area contributed by atoms with Crippen LogP contribution >= 0.6 is 0 Å². The summed E-state index contributed by atoms with van der Waals surface area (Å²) in [5, 5.41) is 11.8. The van der Waals surface area contributed by atoms with E-state index in [2.05, 4.69) is 29.6 Å². The number of aliphatic carboxylic acids is 1. The highest BCUT2D eigenvalue weighted by atomic mass is 16.5. The lowest BCUT2D eigenvalue weighted by molar-refractivity contribution is -0.153. The fourth-order valence-corrected chi connectivity index (χ4v) is 5.04. The van der Waals surface area contributed by atoms with Crippen molar-refractivity contribution >= 4 is 18.0 Å². The molecule has 1 heterocycles. The second-order valence-electron chi connectivity index (χ2n) is 9.04. The monoisotopic (exact) mass is 434 g/mol. The summed E-state index contributed by atoms with van der Waals surface area (Å²) in [5.41, 5.74) is 4.75. The van der Waals surface area contributed by atoms with Crippen molar-refractivity contribution in [1.29, 1.82) is 0 Å². The van der Waals surface area contributed by atoms with Crippen LogP contribution in [0.4, 0.5) is 4.79 Å². The first kappa shape index (κ1) is 20.5. The Kier molecular flexibility index (Phi) is 5.33. The van der Waals surface area contributed by atoms with E-state index in [-0.39, 0.29) is 30.4 Å². The summed E-state index contributed by atoms with van der Waals surface area (Å²) in [5.74, 6) is -1.00. The number of hydrogen-bond acceptors (Lipinski definition) is 4. The molecule has 7 heteroatoms. The zero-order chi connectivity index (χ0) is 22.2. The number of likely N-dealkylation sites (tertiary alicyclic amines) is 1. The van der Waals surface area contributed by atoms with Gasteiger partial charge in [0.05, 0.1) is 5.92 Å². The standard InChI is InChI=1S/C25H26N2O5/c28-23(27-12-16(13-27)24(29)30)11-15-9-17(10-15)26-25(31)32-14-22-20-7-3-1-5-18(20)19-6-2-4-8-21(19)22/h1-8,15-17,22H,9-14H2,(H,26,31)(H,29,30). The Morgan fingerprint density at radius 2 is 1.56 bits per heavy atom. The van der Waals surface area contributed by atoms with Crippen LogP contribution in [-0.2, 0) is 14.3 Å². The van der Waals surface area contributed by atoms with Crippen molar-refractivity contribution in [1.82, 2.24) is 10.2 Å². The number of carboxylic acid groups (broad SMARTS) is 1. The van der Waals surface area contributed by atoms with Gasteiger partial charge >= 0.3 is 12.1 Å². The maximum atomic E-state index is 12.4. The molecule has 3 aliphatic rings. The average Bonchev–Trinajstić information content (AvgIpc) is 3.03. The molecule has 5 rings (SSSR count). The third kappa shape index (κ3) is 3.83. The second kappa shape index (κ2) is 8.30. The molecule has 2 aromatic rings. The molecule has 2 N–H and O–H groups in total. The van der Waals surface area contributed by atoms with Gasteiger partial charge in [0.1, 0.15) is 6.61 Å². The number of nitrogens with zero attached hydrogens (tertiary/aromatic N) is 1. The van der Waals surface area contributed by atoms with E-state index >= 15 is 0 Å². The lowest BCUT2D eigenvalue weighted by Crippen LogP contribution is -2.54. The molecule has 2 aromatic carbocycles. The third-order valence-corrected chi connectivity index (χ3v) is 6.95. The molecule has 0 bridgehead atoms. The van der Waals surface area contributed by atoms with Gasteiger partial charge in [-0.1, -0.05) is 48.5 Å². The number of carbonyl (C=O) groups excluding carboxylic acids is 2. The van der Waals surface area contributed by atoms with E-state index in [0.29, 0.717) is 19.5 Å². The number of carbonyl (C=O) groups is 3. The highest BCUT2D eigenvalue weighted by Gasteiger charge is 2.39. The number of benzene rings is 2. The molecular weight excluding hydrogens is 408 g/mol. The average molecular weight is 434 g/mol. The minimum absolute atomic E-state index is 0.00657. The number of amides is 2. The van der Waals surface area contributed by atoms with Crippen molar-refractivity contribution in [3.8, 4) is 11.1 Å². The normalized spacial score (nSPS) is 21.7. The van der Waals surface area contributed by atoms with Gasteiger partial charge in [-0.3, -0.25) is 9.59 Å². The highest BCUT2D eigenvalue weighted by Crippen LogP contribution is 2.44. The van der Waals surface area contributed by atoms with E-state index in [9.17, 15) is 14.4 Å². The summed E-state index contributed by atoms with van der Waals surface area (Å²) in [4.78, 5) is 37.0. The fourth-order valence-electron chi connectivity index (χ4n) is 5.04. The largest absolute Gasteiger partial charge is 0.481 e. The van der Waals surface area contributed by atoms with Crippen molar-refractivity contribution in [3.63, 3.8) is 0 Å². The Morgan fingerprint density at radius 3 is 2.16 bits per heavy atom. The summed E-state index contributed by atoms with van der Waals surface area (Å²) < 4.78 is 5.58. The predicted octanol–water partition coefficient (Wildman–Crippen LogP) is 3.24. The molecule has 1 aliphatic heterocycles. The Balaban J connectivity index is 1.07. The maximum Gasteiger partial charge on any atom is 0.407 e. The van der Waals surface area contributed by atoms with Gasteiger partial charge in [-0.05, 0) is 41.0 Å². The first-order valence-corrected chi connectivity index (χ1v) is 11.1. The van der Waals surface area contributed by atoms with Crippen LogP contribution in [0.1, 0.15) is 36.3 Å². The van der Waals surface area contributed by atoms with Crippen LogP contribution in [-0.4, -0.2) is 53.7 Å². The molecule has 7 nitrogen and oxygen atoms in total. The molecule has 2 aliphatic carbocycles. The summed E-state index contributed by atoms with van der Waals surface area (Å²) in [6.07, 6.45) is 1.47. The Bertz CT molecular complexity index is 1010. The zero-order valence-corrected chi connectivity index (χ0v) is 17.7. The lowest BCUT2D eigenvalue weighted by atomic mass is 9.77. The van der Waals surface area contributed by atoms with Gasteiger partial charge in [0.2, 0.25) is 5.91 Å². The summed E-state index contributed by atoms with van der Waals surface area (Å²) in [6, 6.07) is 16.5. The predicted molar refractivity (Wildman–Crippen MR) is 117 cm³/mol. The van der Waals surface area contributed by atoms with Crippen molar-refractivity contribution in [2.75, 3.05) is 19.7 Å². The molecule has 2 fully saturated rings. The van der Waals surface area contributed by atoms with Gasteiger partial charge in [0, 0.05) is 31.5 Å². The van der Waals surface area contributed by atoms with Crippen molar-refractivity contribution in [2.24, 2.45) is 11.8 Å². The van der Waals surface area contributed by atoms with Gasteiger partial charge in [0.15, 0.2) is 0 Å². The van der Waals surface area contributed by atoms with Crippen LogP contribution in [0.25, 0.3) is 11.1 Å². The van der Waals surface area contributed by atoms with E-state index < -0.39 is 18.0 Å². The number of nitrogens with one attached hydrogen (secondary N) is 1. The van der Waals surface area contributed by atoms with Crippen LogP contribution < -0.4 is 5.32 Å². The lowest BCUT2D eigenvalue weighted by Gasteiger charge is -2.40. The van der Waals surface area contributed by atoms with Crippen LogP contribution in [0, 0.1) is 11.8 Å². The van der Waals surface area contributed by atoms with Crippen molar-refractivity contribution in [3.05, 3.63) is 59.7 Å². The van der Waals surface area contributed by atoms with E-state index in [1.807, 2.05) is 24.3 Å². The molecule has 0 radical (unpaired) electrons. The van der Waals surface area contributed by atoms with E-state index in [4.69, 9.17) is 9.84 Å². The van der Waals surface area contributed by atoms with Crippen LogP contribution in [0.15, 0.2) is 48.5 Å². The number of ether oxygens (including phenoxy) is 1. The summed E-state index contributed by atoms with van der Waals surface area (Å²) >= 11 is 0. The number of fused-ring (bicyclic) bond motifs is 3. The van der Waals surface area contributed by atoms with Gasteiger partial charge in [-0.15, -0.1) is 0 Å². The number of alkyl carbamates (subject to hydrolysis) is 1. The topological polar surface area (TPSA) is 95.9 Å². The van der Waals surface area contributed by atoms with E-state index in [1.165, 1.54) is 22.3 Å². The van der Waals surface area contributed by atoms with E-state index in [0.717, 1.165) is 12.8 Å². The molecule has 1 saturated heterocycles. The Hall–Kier alpha value is -3.35. The van der Waals surface area contributed by atoms with Gasteiger partial charge in [-0.25, -0.2) is 4.79 Å². The molecule has 166 valence electrons. The minimum atomic E-state index is -0.843. The minimum Gasteiger partial charge on any atom is -0.481 e. The van der Waals surface area contributed by atoms with E-state index in [1.54, 1.807) is 4.90 Å². The fraction of sp³-hybridized carbons (Fsp3) is 0.400. The molecule has 0 atom stereocenters. The highest BCUT2D eigenvalue weighted by molar-refractivity contribution is 5.81. The third-order valence-electron chi connectivity index (χ3n) is 6.95. The molecule has 0 aromatic heterocycles. The summed E-state index contributed by atoms with van der Waals surface area (Å²) in [6.45, 7) is 0.902. The number of rotatable bonds is 6. The number of hydrogen-bond donors (Lipinski definition) is 2. The van der Waals surface area contributed by atoms with Crippen LogP contribution in [0.5, 0.6) is 0 Å². The van der Waals surface area contributed by atoms with Crippen LogP contribution in [0.2, 0.25) is 0 Å². The Morgan fingerprint density at radius 1 is 0.969 bits per heavy atom. The smallest absolute Gasteiger partial charge is 0.407 e. The quantitative estimate of drug-likeness (QED) is 0.728. The molecule has 2 amide bonds. The van der Waals surface area contributed by atoms with Crippen LogP contribution in [0.3, 0.4) is 0 Å².